The summed E-state index contributed by atoms with van der Waals surface area (Å²) >= 11 is 1.57. The molecule has 0 bridgehead atoms. The number of hydrogen-bond donors (Lipinski definition) is 1. The first kappa shape index (κ1) is 10.3. The average molecular weight is 198 g/mol. The van der Waals surface area contributed by atoms with Gasteiger partial charge < -0.3 is 9.84 Å². The lowest BCUT2D eigenvalue weighted by Crippen LogP contribution is -2.06. The molecule has 72 valence electrons. The molecule has 1 rings (SSSR count). The average Bonchev–Trinajstić information content (AvgIpc) is 2.08. The van der Waals surface area contributed by atoms with Gasteiger partial charge in [0.1, 0.15) is 0 Å². The molecule has 0 spiro atoms. The van der Waals surface area contributed by atoms with Crippen molar-refractivity contribution in [3.05, 3.63) is 18.2 Å². The van der Waals surface area contributed by atoms with E-state index in [1.807, 2.05) is 32.2 Å². The van der Waals surface area contributed by atoms with Gasteiger partial charge in [-0.25, -0.2) is 0 Å². The zero-order chi connectivity index (χ0) is 9.84. The van der Waals surface area contributed by atoms with Gasteiger partial charge in [-0.15, -0.1) is 11.8 Å². The van der Waals surface area contributed by atoms with Crippen LogP contribution in [0.4, 0.5) is 0 Å². The first-order chi connectivity index (χ1) is 6.15. The summed E-state index contributed by atoms with van der Waals surface area (Å²) in [7, 11) is 0. The minimum atomic E-state index is 0.0826. The molecule has 0 atom stereocenters. The third-order valence-electron chi connectivity index (χ3n) is 1.53. The summed E-state index contributed by atoms with van der Waals surface area (Å²) in [6.07, 6.45) is 2.04. The number of benzene rings is 1. The molecular weight excluding hydrogens is 184 g/mol. The standard InChI is InChI=1S/C10H14O2S/c1-7(2)12-10-8(11)5-4-6-9(10)13-3/h4-7,11H,1-3H3. The van der Waals surface area contributed by atoms with Crippen LogP contribution in [0, 0.1) is 0 Å². The molecule has 0 aliphatic heterocycles. The Kier molecular flexibility index (Phi) is 3.48. The highest BCUT2D eigenvalue weighted by molar-refractivity contribution is 7.98. The number of phenols is 1. The highest BCUT2D eigenvalue weighted by Gasteiger charge is 2.09. The van der Waals surface area contributed by atoms with Crippen molar-refractivity contribution in [3.63, 3.8) is 0 Å². The molecule has 0 radical (unpaired) electrons. The molecule has 0 fully saturated rings. The fraction of sp³-hybridized carbons (Fsp3) is 0.400. The van der Waals surface area contributed by atoms with Crippen LogP contribution >= 0.6 is 11.8 Å². The van der Waals surface area contributed by atoms with Crippen LogP contribution in [0.15, 0.2) is 23.1 Å². The summed E-state index contributed by atoms with van der Waals surface area (Å²) < 4.78 is 5.50. The second-order valence-electron chi connectivity index (χ2n) is 2.98. The third-order valence-corrected chi connectivity index (χ3v) is 2.29. The van der Waals surface area contributed by atoms with Crippen LogP contribution in [-0.2, 0) is 0 Å². The Morgan fingerprint density at radius 1 is 1.38 bits per heavy atom. The molecule has 1 aromatic rings. The predicted molar refractivity (Wildman–Crippen MR) is 55.7 cm³/mol. The lowest BCUT2D eigenvalue weighted by molar-refractivity contribution is 0.226. The summed E-state index contributed by atoms with van der Waals surface area (Å²) in [6.45, 7) is 3.88. The highest BCUT2D eigenvalue weighted by Crippen LogP contribution is 2.36. The molecule has 3 heteroatoms. The molecule has 2 nitrogen and oxygen atoms in total. The fourth-order valence-electron chi connectivity index (χ4n) is 1.02. The number of aromatic hydroxyl groups is 1. The maximum Gasteiger partial charge on any atom is 0.174 e. The minimum Gasteiger partial charge on any atom is -0.504 e. The molecule has 1 aromatic carbocycles. The number of para-hydroxylation sites is 1. The molecule has 0 amide bonds. The van der Waals surface area contributed by atoms with Crippen LogP contribution in [0.3, 0.4) is 0 Å². The normalized spacial score (nSPS) is 10.5. The summed E-state index contributed by atoms with van der Waals surface area (Å²) in [5.41, 5.74) is 0. The Hall–Kier alpha value is -0.830. The minimum absolute atomic E-state index is 0.0826. The van der Waals surface area contributed by atoms with Gasteiger partial charge in [0.05, 0.1) is 11.0 Å². The van der Waals surface area contributed by atoms with E-state index in [1.165, 1.54) is 0 Å². The fourth-order valence-corrected chi connectivity index (χ4v) is 1.57. The van der Waals surface area contributed by atoms with E-state index < -0.39 is 0 Å². The zero-order valence-corrected chi connectivity index (χ0v) is 8.89. The molecule has 13 heavy (non-hydrogen) atoms. The topological polar surface area (TPSA) is 29.5 Å². The Morgan fingerprint density at radius 2 is 2.08 bits per heavy atom. The third kappa shape index (κ3) is 2.56. The second kappa shape index (κ2) is 4.42. The predicted octanol–water partition coefficient (Wildman–Crippen LogP) is 2.90. The smallest absolute Gasteiger partial charge is 0.174 e. The Morgan fingerprint density at radius 3 is 2.62 bits per heavy atom. The highest BCUT2D eigenvalue weighted by atomic mass is 32.2. The van der Waals surface area contributed by atoms with Crippen molar-refractivity contribution in [1.29, 1.82) is 0 Å². The maximum atomic E-state index is 9.53. The van der Waals surface area contributed by atoms with Gasteiger partial charge in [0, 0.05) is 0 Å². The van der Waals surface area contributed by atoms with E-state index in [1.54, 1.807) is 17.8 Å². The van der Waals surface area contributed by atoms with E-state index in [9.17, 15) is 5.11 Å². The van der Waals surface area contributed by atoms with Crippen molar-refractivity contribution in [2.75, 3.05) is 6.26 Å². The lowest BCUT2D eigenvalue weighted by Gasteiger charge is -2.13. The molecule has 0 unspecified atom stereocenters. The Labute approximate surface area is 82.9 Å². The quantitative estimate of drug-likeness (QED) is 0.757. The number of thioether (sulfide) groups is 1. The number of phenolic OH excluding ortho intramolecular Hbond substituents is 1. The van der Waals surface area contributed by atoms with E-state index in [0.717, 1.165) is 4.90 Å². The van der Waals surface area contributed by atoms with Crippen molar-refractivity contribution in [3.8, 4) is 11.5 Å². The first-order valence-corrected chi connectivity index (χ1v) is 5.40. The van der Waals surface area contributed by atoms with Gasteiger partial charge in [0.15, 0.2) is 11.5 Å². The Balaban J connectivity index is 3.00. The van der Waals surface area contributed by atoms with Crippen LogP contribution in [-0.4, -0.2) is 17.5 Å². The zero-order valence-electron chi connectivity index (χ0n) is 8.07. The summed E-state index contributed by atoms with van der Waals surface area (Å²) in [6, 6.07) is 5.38. The Bertz CT molecular complexity index is 284. The van der Waals surface area contributed by atoms with Crippen LogP contribution in [0.5, 0.6) is 11.5 Å². The van der Waals surface area contributed by atoms with Crippen molar-refractivity contribution in [1.82, 2.24) is 0 Å². The number of ether oxygens (including phenoxy) is 1. The van der Waals surface area contributed by atoms with Crippen molar-refractivity contribution >= 4 is 11.8 Å². The van der Waals surface area contributed by atoms with Crippen LogP contribution < -0.4 is 4.74 Å². The van der Waals surface area contributed by atoms with E-state index in [4.69, 9.17) is 4.74 Å². The molecule has 0 aliphatic carbocycles. The molecule has 0 saturated carbocycles. The molecule has 1 N–H and O–H groups in total. The van der Waals surface area contributed by atoms with Gasteiger partial charge in [-0.1, -0.05) is 6.07 Å². The second-order valence-corrected chi connectivity index (χ2v) is 3.82. The summed E-state index contributed by atoms with van der Waals surface area (Å²) in [5.74, 6) is 0.797. The van der Waals surface area contributed by atoms with Crippen LogP contribution in [0.25, 0.3) is 0 Å². The van der Waals surface area contributed by atoms with E-state index in [2.05, 4.69) is 0 Å². The monoisotopic (exact) mass is 198 g/mol. The van der Waals surface area contributed by atoms with Gasteiger partial charge in [0.2, 0.25) is 0 Å². The molecule has 0 aromatic heterocycles. The molecular formula is C10H14O2S. The number of rotatable bonds is 3. The summed E-state index contributed by atoms with van der Waals surface area (Å²) in [4.78, 5) is 0.966. The van der Waals surface area contributed by atoms with Crippen molar-refractivity contribution in [2.24, 2.45) is 0 Å². The van der Waals surface area contributed by atoms with Gasteiger partial charge >= 0.3 is 0 Å². The van der Waals surface area contributed by atoms with Gasteiger partial charge in [-0.05, 0) is 32.2 Å². The number of hydrogen-bond acceptors (Lipinski definition) is 3. The van der Waals surface area contributed by atoms with E-state index >= 15 is 0 Å². The molecule has 0 aliphatic rings. The van der Waals surface area contributed by atoms with E-state index in [-0.39, 0.29) is 11.9 Å². The molecule has 0 saturated heterocycles. The first-order valence-electron chi connectivity index (χ1n) is 4.17. The maximum absolute atomic E-state index is 9.53. The van der Waals surface area contributed by atoms with Crippen molar-refractivity contribution < 1.29 is 9.84 Å². The largest absolute Gasteiger partial charge is 0.504 e. The molecule has 0 heterocycles. The van der Waals surface area contributed by atoms with Gasteiger partial charge in [-0.2, -0.15) is 0 Å². The van der Waals surface area contributed by atoms with Crippen LogP contribution in [0.1, 0.15) is 13.8 Å². The van der Waals surface area contributed by atoms with E-state index in [0.29, 0.717) is 5.75 Å². The lowest BCUT2D eigenvalue weighted by atomic mass is 10.3. The SMILES string of the molecule is CSc1cccc(O)c1OC(C)C. The summed E-state index contributed by atoms with van der Waals surface area (Å²) in [5, 5.41) is 9.53. The van der Waals surface area contributed by atoms with Gasteiger partial charge in [0.25, 0.3) is 0 Å². The van der Waals surface area contributed by atoms with Gasteiger partial charge in [-0.3, -0.25) is 0 Å². The van der Waals surface area contributed by atoms with Crippen LogP contribution in [0.2, 0.25) is 0 Å². The van der Waals surface area contributed by atoms with Crippen molar-refractivity contribution in [2.45, 2.75) is 24.8 Å².